The van der Waals surface area contributed by atoms with Gasteiger partial charge in [0.2, 0.25) is 0 Å². The molecule has 20 heavy (non-hydrogen) atoms. The molecule has 2 aromatic rings. The van der Waals surface area contributed by atoms with E-state index in [1.165, 1.54) is 0 Å². The molecule has 0 fully saturated rings. The predicted octanol–water partition coefficient (Wildman–Crippen LogP) is 2.67. The Kier molecular flexibility index (Phi) is 4.81. The number of hydrogen-bond acceptors (Lipinski definition) is 3. The summed E-state index contributed by atoms with van der Waals surface area (Å²) in [6.45, 7) is 1.89. The summed E-state index contributed by atoms with van der Waals surface area (Å²) in [5, 5.41) is 15.3. The van der Waals surface area contributed by atoms with E-state index in [1.807, 2.05) is 37.3 Å². The lowest BCUT2D eigenvalue weighted by molar-refractivity contribution is -0.0129. The van der Waals surface area contributed by atoms with Crippen molar-refractivity contribution in [1.82, 2.24) is 9.78 Å². The Hall–Kier alpha value is -1.36. The molecule has 5 heteroatoms. The van der Waals surface area contributed by atoms with E-state index in [9.17, 15) is 5.11 Å². The van der Waals surface area contributed by atoms with Crippen LogP contribution in [0.1, 0.15) is 22.9 Å². The van der Waals surface area contributed by atoms with Gasteiger partial charge in [-0.25, -0.2) is 0 Å². The van der Waals surface area contributed by atoms with Crippen molar-refractivity contribution in [1.29, 1.82) is 0 Å². The van der Waals surface area contributed by atoms with Crippen LogP contribution in [-0.2, 0) is 18.2 Å². The molecule has 0 spiro atoms. The number of methoxy groups -OCH3 is 1. The lowest BCUT2D eigenvalue weighted by Crippen LogP contribution is -2.23. The monoisotopic (exact) mass is 294 g/mol. The number of rotatable bonds is 5. The first-order chi connectivity index (χ1) is 9.54. The van der Waals surface area contributed by atoms with Gasteiger partial charge in [-0.15, -0.1) is 0 Å². The lowest BCUT2D eigenvalue weighted by atomic mass is 9.99. The molecule has 0 bridgehead atoms. The highest BCUT2D eigenvalue weighted by Gasteiger charge is 2.24. The summed E-state index contributed by atoms with van der Waals surface area (Å²) in [5.41, 5.74) is 2.64. The average molecular weight is 295 g/mol. The van der Waals surface area contributed by atoms with Crippen LogP contribution in [0.2, 0.25) is 5.15 Å². The van der Waals surface area contributed by atoms with Gasteiger partial charge in [-0.2, -0.15) is 5.10 Å². The minimum atomic E-state index is -0.678. The Balaban J connectivity index is 2.20. The van der Waals surface area contributed by atoms with Gasteiger partial charge in [-0.1, -0.05) is 41.9 Å². The molecule has 0 aliphatic rings. The van der Waals surface area contributed by atoms with Gasteiger partial charge in [0.1, 0.15) is 11.3 Å². The number of aliphatic hydroxyl groups excluding tert-OH is 1. The fourth-order valence-corrected chi connectivity index (χ4v) is 2.63. The van der Waals surface area contributed by atoms with E-state index in [0.29, 0.717) is 11.6 Å². The molecule has 0 saturated carbocycles. The molecule has 1 aromatic carbocycles. The molecule has 1 N–H and O–H groups in total. The van der Waals surface area contributed by atoms with Gasteiger partial charge < -0.3 is 9.84 Å². The van der Waals surface area contributed by atoms with Gasteiger partial charge in [-0.05, 0) is 12.5 Å². The van der Waals surface area contributed by atoms with Gasteiger partial charge in [-0.3, -0.25) is 4.68 Å². The number of nitrogens with zero attached hydrogens (tertiary/aromatic N) is 2. The Morgan fingerprint density at radius 3 is 2.50 bits per heavy atom. The van der Waals surface area contributed by atoms with Crippen LogP contribution in [0.3, 0.4) is 0 Å². The molecular formula is C15H19ClN2O2. The Morgan fingerprint density at radius 2 is 2.00 bits per heavy atom. The van der Waals surface area contributed by atoms with E-state index in [4.69, 9.17) is 16.3 Å². The fraction of sp³-hybridized carbons (Fsp3) is 0.400. The third kappa shape index (κ3) is 3.03. The minimum absolute atomic E-state index is 0.383. The number of aliphatic hydroxyl groups is 1. The molecule has 0 saturated heterocycles. The summed E-state index contributed by atoms with van der Waals surface area (Å²) in [5.74, 6) is 0. The number of ether oxygens (including phenoxy) is 1. The molecule has 0 aliphatic carbocycles. The topological polar surface area (TPSA) is 47.3 Å². The van der Waals surface area contributed by atoms with E-state index in [0.717, 1.165) is 16.8 Å². The van der Waals surface area contributed by atoms with E-state index < -0.39 is 6.10 Å². The van der Waals surface area contributed by atoms with Crippen molar-refractivity contribution in [2.45, 2.75) is 25.6 Å². The van der Waals surface area contributed by atoms with Crippen molar-refractivity contribution >= 4 is 11.6 Å². The second-order valence-corrected chi connectivity index (χ2v) is 5.17. The van der Waals surface area contributed by atoms with Crippen LogP contribution < -0.4 is 0 Å². The maximum absolute atomic E-state index is 10.5. The van der Waals surface area contributed by atoms with Gasteiger partial charge in [0, 0.05) is 26.1 Å². The van der Waals surface area contributed by atoms with E-state index in [2.05, 4.69) is 5.10 Å². The van der Waals surface area contributed by atoms with Gasteiger partial charge in [0.05, 0.1) is 11.8 Å². The molecule has 4 nitrogen and oxygen atoms in total. The average Bonchev–Trinajstić information content (AvgIpc) is 2.67. The van der Waals surface area contributed by atoms with E-state index in [1.54, 1.807) is 18.8 Å². The number of hydrogen-bond donors (Lipinski definition) is 1. The molecule has 2 atom stereocenters. The van der Waals surface area contributed by atoms with Crippen molar-refractivity contribution in [3.63, 3.8) is 0 Å². The summed E-state index contributed by atoms with van der Waals surface area (Å²) < 4.78 is 7.05. The Labute approximate surface area is 123 Å². The van der Waals surface area contributed by atoms with Crippen molar-refractivity contribution in [3.8, 4) is 0 Å². The van der Waals surface area contributed by atoms with Crippen LogP contribution in [0.25, 0.3) is 0 Å². The molecule has 2 unspecified atom stereocenters. The van der Waals surface area contributed by atoms with Gasteiger partial charge >= 0.3 is 0 Å². The summed E-state index contributed by atoms with van der Waals surface area (Å²) in [6, 6.07) is 9.67. The number of benzene rings is 1. The van der Waals surface area contributed by atoms with Gasteiger partial charge in [0.25, 0.3) is 0 Å². The second-order valence-electron chi connectivity index (χ2n) is 4.82. The first-order valence-electron chi connectivity index (χ1n) is 6.48. The van der Waals surface area contributed by atoms with Crippen LogP contribution in [-0.4, -0.2) is 28.1 Å². The molecule has 0 aliphatic heterocycles. The third-order valence-corrected chi connectivity index (χ3v) is 3.89. The highest BCUT2D eigenvalue weighted by atomic mass is 35.5. The molecular weight excluding hydrogens is 276 g/mol. The summed E-state index contributed by atoms with van der Waals surface area (Å²) in [4.78, 5) is 0. The third-order valence-electron chi connectivity index (χ3n) is 3.41. The quantitative estimate of drug-likeness (QED) is 0.922. The molecule has 0 radical (unpaired) electrons. The number of halogens is 1. The zero-order valence-corrected chi connectivity index (χ0v) is 12.6. The van der Waals surface area contributed by atoms with Crippen LogP contribution in [0.5, 0.6) is 0 Å². The van der Waals surface area contributed by atoms with Crippen LogP contribution in [0.4, 0.5) is 0 Å². The minimum Gasteiger partial charge on any atom is -0.390 e. The van der Waals surface area contributed by atoms with E-state index >= 15 is 0 Å². The van der Waals surface area contributed by atoms with Crippen molar-refractivity contribution in [2.75, 3.05) is 7.11 Å². The van der Waals surface area contributed by atoms with E-state index in [-0.39, 0.29) is 6.10 Å². The van der Waals surface area contributed by atoms with Crippen LogP contribution >= 0.6 is 11.6 Å². The molecule has 108 valence electrons. The summed E-state index contributed by atoms with van der Waals surface area (Å²) >= 11 is 6.20. The molecule has 1 aromatic heterocycles. The molecule has 0 amide bonds. The Bertz CT molecular complexity index is 569. The normalized spacial score (nSPS) is 14.2. The highest BCUT2D eigenvalue weighted by molar-refractivity contribution is 6.30. The second kappa shape index (κ2) is 6.39. The van der Waals surface area contributed by atoms with Crippen LogP contribution in [0, 0.1) is 6.92 Å². The largest absolute Gasteiger partial charge is 0.390 e. The van der Waals surface area contributed by atoms with Crippen molar-refractivity contribution in [2.24, 2.45) is 7.05 Å². The zero-order valence-electron chi connectivity index (χ0n) is 11.9. The fourth-order valence-electron chi connectivity index (χ4n) is 2.38. The SMILES string of the molecule is COC(c1ccccc1)C(O)Cc1c(C)nn(C)c1Cl. The lowest BCUT2D eigenvalue weighted by Gasteiger charge is -2.22. The first-order valence-corrected chi connectivity index (χ1v) is 6.86. The first kappa shape index (κ1) is 15.0. The maximum Gasteiger partial charge on any atom is 0.130 e. The molecule has 1 heterocycles. The summed E-state index contributed by atoms with van der Waals surface area (Å²) in [7, 11) is 3.38. The van der Waals surface area contributed by atoms with Crippen molar-refractivity contribution in [3.05, 3.63) is 52.3 Å². The number of aromatic nitrogens is 2. The maximum atomic E-state index is 10.5. The predicted molar refractivity (Wildman–Crippen MR) is 78.9 cm³/mol. The van der Waals surface area contributed by atoms with Crippen LogP contribution in [0.15, 0.2) is 30.3 Å². The number of aryl methyl sites for hydroxylation is 2. The standard InChI is InChI=1S/C15H19ClN2O2/c1-10-12(15(16)18(2)17-10)9-13(19)14(20-3)11-7-5-4-6-8-11/h4-8,13-14,19H,9H2,1-3H3. The van der Waals surface area contributed by atoms with Crippen molar-refractivity contribution < 1.29 is 9.84 Å². The van der Waals surface area contributed by atoms with Gasteiger partial charge in [0.15, 0.2) is 0 Å². The highest BCUT2D eigenvalue weighted by Crippen LogP contribution is 2.27. The smallest absolute Gasteiger partial charge is 0.130 e. The Morgan fingerprint density at radius 1 is 1.35 bits per heavy atom. The molecule has 2 rings (SSSR count). The zero-order chi connectivity index (χ0) is 14.7. The summed E-state index contributed by atoms with van der Waals surface area (Å²) in [6.07, 6.45) is -0.652.